The zero-order valence-corrected chi connectivity index (χ0v) is 20.8. The summed E-state index contributed by atoms with van der Waals surface area (Å²) in [7, 11) is 0.875. The van der Waals surface area contributed by atoms with Crippen molar-refractivity contribution in [2.45, 2.75) is 79.1 Å². The van der Waals surface area contributed by atoms with Crippen LogP contribution in [0.25, 0.3) is 0 Å². The van der Waals surface area contributed by atoms with Crippen molar-refractivity contribution in [1.82, 2.24) is 0 Å². The molecule has 0 unspecified atom stereocenters. The molecule has 0 aliphatic carbocycles. The van der Waals surface area contributed by atoms with Gasteiger partial charge in [0.05, 0.1) is 55.1 Å². The molecular formula is C21H49N2O4P. The van der Waals surface area contributed by atoms with Crippen LogP contribution in [0.3, 0.4) is 0 Å². The lowest BCUT2D eigenvalue weighted by atomic mass is 10.1. The van der Waals surface area contributed by atoms with Crippen LogP contribution in [0.15, 0.2) is 0 Å². The molecule has 0 spiro atoms. The molecule has 0 rings (SSSR count). The Hall–Kier alpha value is 0.0300. The highest BCUT2D eigenvalue weighted by atomic mass is 31.2. The maximum absolute atomic E-state index is 9.96. The first kappa shape index (κ1) is 30.2. The predicted molar refractivity (Wildman–Crippen MR) is 116 cm³/mol. The van der Waals surface area contributed by atoms with Gasteiger partial charge in [0, 0.05) is 0 Å². The van der Waals surface area contributed by atoms with Crippen LogP contribution in [-0.4, -0.2) is 69.4 Å². The molecule has 0 heterocycles. The van der Waals surface area contributed by atoms with Crippen molar-refractivity contribution >= 4 is 7.82 Å². The Labute approximate surface area is 175 Å². The summed E-state index contributed by atoms with van der Waals surface area (Å²) in [6.45, 7) is 15.5. The van der Waals surface area contributed by atoms with Gasteiger partial charge in [-0.3, -0.25) is 0 Å². The van der Waals surface area contributed by atoms with E-state index in [0.717, 1.165) is 0 Å². The van der Waals surface area contributed by atoms with E-state index in [1.165, 1.54) is 82.0 Å². The molecule has 0 atom stereocenters. The third-order valence-electron chi connectivity index (χ3n) is 4.96. The number of phosphoric ester groups is 1. The van der Waals surface area contributed by atoms with Crippen molar-refractivity contribution in [1.29, 1.82) is 0 Å². The Morgan fingerprint density at radius 2 is 1.00 bits per heavy atom. The SMILES string of the molecule is CCCC[N+](CCCC)(CCCC)CCCC.C[N+](C)(C)CCOP(=O)([O-])[O-]. The summed E-state index contributed by atoms with van der Waals surface area (Å²) < 4.78 is 16.0. The van der Waals surface area contributed by atoms with Gasteiger partial charge in [-0.25, -0.2) is 0 Å². The van der Waals surface area contributed by atoms with Crippen molar-refractivity contribution < 1.29 is 27.8 Å². The zero-order valence-electron chi connectivity index (χ0n) is 19.9. The molecule has 0 radical (unpaired) electrons. The maximum Gasteiger partial charge on any atom is 0.102 e. The molecule has 172 valence electrons. The standard InChI is InChI=1S/C16H36N.C5H14NO4P/c1-5-9-13-17(14-10-6-2,15-11-7-3)16-12-8-4;1-6(2,3)4-5-10-11(7,8)9/h5-16H2,1-4H3;4-5H2,1-3H3,(H-,7,8,9)/q+1;/p-1. The fourth-order valence-electron chi connectivity index (χ4n) is 3.07. The van der Waals surface area contributed by atoms with Crippen LogP contribution in [0.4, 0.5) is 0 Å². The van der Waals surface area contributed by atoms with Gasteiger partial charge in [-0.15, -0.1) is 0 Å². The highest BCUT2D eigenvalue weighted by Crippen LogP contribution is 2.23. The molecule has 0 fully saturated rings. The molecular weight excluding hydrogens is 375 g/mol. The molecule has 28 heavy (non-hydrogen) atoms. The van der Waals surface area contributed by atoms with Gasteiger partial charge in [0.2, 0.25) is 0 Å². The molecule has 0 aromatic carbocycles. The predicted octanol–water partition coefficient (Wildman–Crippen LogP) is 3.54. The summed E-state index contributed by atoms with van der Waals surface area (Å²) in [6.07, 6.45) is 11.1. The van der Waals surface area contributed by atoms with Gasteiger partial charge in [-0.1, -0.05) is 53.4 Å². The lowest BCUT2D eigenvalue weighted by Gasteiger charge is -2.39. The van der Waals surface area contributed by atoms with Gasteiger partial charge in [0.15, 0.2) is 0 Å². The molecule has 7 heteroatoms. The summed E-state index contributed by atoms with van der Waals surface area (Å²) in [5.41, 5.74) is 0. The molecule has 0 bridgehead atoms. The second-order valence-electron chi connectivity index (χ2n) is 8.94. The van der Waals surface area contributed by atoms with Crippen molar-refractivity contribution in [2.75, 3.05) is 60.5 Å². The highest BCUT2D eigenvalue weighted by molar-refractivity contribution is 7.43. The largest absolute Gasteiger partial charge is 0.790 e. The normalized spacial score (nSPS) is 12.6. The molecule has 0 aliphatic rings. The number of unbranched alkanes of at least 4 members (excludes halogenated alkanes) is 4. The molecule has 0 saturated carbocycles. The minimum atomic E-state index is -4.76. The second kappa shape index (κ2) is 16.8. The Morgan fingerprint density at radius 3 is 1.21 bits per heavy atom. The van der Waals surface area contributed by atoms with Gasteiger partial charge in [0.25, 0.3) is 0 Å². The maximum atomic E-state index is 9.96. The second-order valence-corrected chi connectivity index (χ2v) is 10.1. The quantitative estimate of drug-likeness (QED) is 0.281. The topological polar surface area (TPSA) is 72.4 Å². The van der Waals surface area contributed by atoms with E-state index in [9.17, 15) is 14.4 Å². The van der Waals surface area contributed by atoms with E-state index < -0.39 is 7.82 Å². The number of likely N-dealkylation sites (N-methyl/N-ethyl adjacent to an activating group) is 1. The first-order valence-electron chi connectivity index (χ1n) is 11.3. The van der Waals surface area contributed by atoms with Crippen molar-refractivity contribution in [3.8, 4) is 0 Å². The molecule has 0 amide bonds. The van der Waals surface area contributed by atoms with Gasteiger partial charge in [0.1, 0.15) is 13.2 Å². The number of phosphoric acid groups is 1. The number of hydrogen-bond donors (Lipinski definition) is 0. The average molecular weight is 425 g/mol. The summed E-state index contributed by atoms with van der Waals surface area (Å²) in [5.74, 6) is 0. The molecule has 6 nitrogen and oxygen atoms in total. The molecule has 0 saturated heterocycles. The number of nitrogens with zero attached hydrogens (tertiary/aromatic N) is 2. The number of quaternary nitrogens is 2. The zero-order chi connectivity index (χ0) is 22.1. The Bertz CT molecular complexity index is 357. The van der Waals surface area contributed by atoms with Crippen LogP contribution in [-0.2, 0) is 9.09 Å². The van der Waals surface area contributed by atoms with Crippen LogP contribution in [0.5, 0.6) is 0 Å². The third-order valence-corrected chi connectivity index (χ3v) is 5.45. The first-order valence-corrected chi connectivity index (χ1v) is 12.7. The summed E-state index contributed by atoms with van der Waals surface area (Å²) in [6, 6.07) is 0. The van der Waals surface area contributed by atoms with Crippen LogP contribution < -0.4 is 9.79 Å². The van der Waals surface area contributed by atoms with E-state index in [0.29, 0.717) is 11.0 Å². The van der Waals surface area contributed by atoms with E-state index in [4.69, 9.17) is 0 Å². The Kier molecular flexibility index (Phi) is 18.1. The third kappa shape index (κ3) is 20.8. The van der Waals surface area contributed by atoms with Gasteiger partial charge >= 0.3 is 0 Å². The molecule has 0 N–H and O–H groups in total. The molecule has 0 aromatic heterocycles. The smallest absolute Gasteiger partial charge is 0.102 e. The van der Waals surface area contributed by atoms with Gasteiger partial charge < -0.3 is 27.8 Å². The monoisotopic (exact) mass is 424 g/mol. The fraction of sp³-hybridized carbons (Fsp3) is 1.00. The average Bonchev–Trinajstić information content (AvgIpc) is 2.59. The minimum absolute atomic E-state index is 0.0478. The molecule has 0 aliphatic heterocycles. The Morgan fingerprint density at radius 1 is 0.679 bits per heavy atom. The lowest BCUT2D eigenvalue weighted by Crippen LogP contribution is -2.50. The van der Waals surface area contributed by atoms with E-state index in [-0.39, 0.29) is 6.61 Å². The highest BCUT2D eigenvalue weighted by Gasteiger charge is 2.24. The van der Waals surface area contributed by atoms with Crippen LogP contribution in [0.1, 0.15) is 79.1 Å². The van der Waals surface area contributed by atoms with Crippen molar-refractivity contribution in [2.24, 2.45) is 0 Å². The lowest BCUT2D eigenvalue weighted by molar-refractivity contribution is -0.929. The van der Waals surface area contributed by atoms with Gasteiger partial charge in [-0.2, -0.15) is 0 Å². The summed E-state index contributed by atoms with van der Waals surface area (Å²) in [5, 5.41) is 0. The van der Waals surface area contributed by atoms with Crippen LogP contribution in [0.2, 0.25) is 0 Å². The summed E-state index contributed by atoms with van der Waals surface area (Å²) >= 11 is 0. The van der Waals surface area contributed by atoms with E-state index >= 15 is 0 Å². The van der Waals surface area contributed by atoms with Crippen LogP contribution >= 0.6 is 7.82 Å². The minimum Gasteiger partial charge on any atom is -0.790 e. The van der Waals surface area contributed by atoms with E-state index in [1.807, 2.05) is 21.1 Å². The van der Waals surface area contributed by atoms with Crippen LogP contribution in [0, 0.1) is 0 Å². The fourth-order valence-corrected chi connectivity index (χ4v) is 3.38. The number of rotatable bonds is 16. The Balaban J connectivity index is 0. The van der Waals surface area contributed by atoms with E-state index in [2.05, 4.69) is 32.2 Å². The molecule has 0 aromatic rings. The first-order chi connectivity index (χ1) is 12.9. The van der Waals surface area contributed by atoms with Gasteiger partial charge in [-0.05, 0) is 25.7 Å². The van der Waals surface area contributed by atoms with Crippen molar-refractivity contribution in [3.63, 3.8) is 0 Å². The van der Waals surface area contributed by atoms with E-state index in [1.54, 1.807) is 0 Å². The van der Waals surface area contributed by atoms with Crippen molar-refractivity contribution in [3.05, 3.63) is 0 Å². The number of hydrogen-bond acceptors (Lipinski definition) is 4. The summed E-state index contributed by atoms with van der Waals surface area (Å²) in [4.78, 5) is 19.9.